The molecule has 0 aliphatic carbocycles. The van der Waals surface area contributed by atoms with Crippen LogP contribution in [-0.4, -0.2) is 23.5 Å². The van der Waals surface area contributed by atoms with Gasteiger partial charge < -0.3 is 10.6 Å². The second-order valence-electron chi connectivity index (χ2n) is 6.03. The van der Waals surface area contributed by atoms with Gasteiger partial charge in [-0.1, -0.05) is 20.8 Å². The molecule has 0 unspecified atom stereocenters. The fourth-order valence-electron chi connectivity index (χ4n) is 1.53. The van der Waals surface area contributed by atoms with Gasteiger partial charge in [0.15, 0.2) is 0 Å². The zero-order valence-electron chi connectivity index (χ0n) is 12.5. The average Bonchev–Trinajstić information content (AvgIpc) is 2.71. The molecule has 0 spiro atoms. The molecule has 5 heteroatoms. The van der Waals surface area contributed by atoms with Crippen LogP contribution in [0.1, 0.15) is 51.7 Å². The molecule has 108 valence electrons. The number of nitrogens with zero attached hydrogens (tertiary/aromatic N) is 1. The van der Waals surface area contributed by atoms with Crippen LogP contribution in [0.25, 0.3) is 0 Å². The van der Waals surface area contributed by atoms with Crippen molar-refractivity contribution in [2.75, 3.05) is 6.54 Å². The van der Waals surface area contributed by atoms with Gasteiger partial charge in [-0.05, 0) is 13.8 Å². The van der Waals surface area contributed by atoms with Crippen LogP contribution in [0.15, 0.2) is 5.38 Å². The summed E-state index contributed by atoms with van der Waals surface area (Å²) >= 11 is 1.67. The Balaban J connectivity index is 2.27. The maximum Gasteiger partial charge on any atom is 0.221 e. The number of hydrogen-bond donors (Lipinski definition) is 2. The van der Waals surface area contributed by atoms with Gasteiger partial charge in [0.2, 0.25) is 5.91 Å². The minimum atomic E-state index is 0.0945. The third-order valence-corrected chi connectivity index (χ3v) is 3.42. The maximum atomic E-state index is 11.4. The lowest BCUT2D eigenvalue weighted by atomic mass is 9.93. The number of amides is 1. The van der Waals surface area contributed by atoms with Gasteiger partial charge in [0.25, 0.3) is 0 Å². The van der Waals surface area contributed by atoms with Crippen molar-refractivity contribution < 1.29 is 4.79 Å². The van der Waals surface area contributed by atoms with Crippen molar-refractivity contribution >= 4 is 17.2 Å². The maximum absolute atomic E-state index is 11.4. The Morgan fingerprint density at radius 2 is 2.11 bits per heavy atom. The molecule has 1 aromatic rings. The Kier molecular flexibility index (Phi) is 5.94. The van der Waals surface area contributed by atoms with Crippen molar-refractivity contribution in [1.29, 1.82) is 0 Å². The van der Waals surface area contributed by atoms with E-state index in [4.69, 9.17) is 0 Å². The quantitative estimate of drug-likeness (QED) is 0.789. The van der Waals surface area contributed by atoms with E-state index in [1.807, 2.05) is 13.8 Å². The van der Waals surface area contributed by atoms with Crippen LogP contribution < -0.4 is 10.6 Å². The highest BCUT2D eigenvalue weighted by molar-refractivity contribution is 7.09. The van der Waals surface area contributed by atoms with Crippen molar-refractivity contribution in [1.82, 2.24) is 15.6 Å². The van der Waals surface area contributed by atoms with Crippen LogP contribution in [-0.2, 0) is 16.8 Å². The van der Waals surface area contributed by atoms with E-state index < -0.39 is 0 Å². The summed E-state index contributed by atoms with van der Waals surface area (Å²) in [6, 6.07) is 0.209. The molecule has 0 saturated carbocycles. The molecule has 0 atom stereocenters. The predicted octanol–water partition coefficient (Wildman–Crippen LogP) is 2.44. The molecule has 19 heavy (non-hydrogen) atoms. The molecule has 2 N–H and O–H groups in total. The van der Waals surface area contributed by atoms with E-state index in [1.54, 1.807) is 11.3 Å². The molecule has 0 aliphatic heterocycles. The van der Waals surface area contributed by atoms with Gasteiger partial charge in [-0.3, -0.25) is 4.79 Å². The van der Waals surface area contributed by atoms with Crippen LogP contribution in [0.5, 0.6) is 0 Å². The van der Waals surface area contributed by atoms with E-state index >= 15 is 0 Å². The molecule has 1 heterocycles. The second kappa shape index (κ2) is 7.01. The highest BCUT2D eigenvalue weighted by atomic mass is 32.1. The highest BCUT2D eigenvalue weighted by Crippen LogP contribution is 2.23. The van der Waals surface area contributed by atoms with Gasteiger partial charge >= 0.3 is 0 Å². The monoisotopic (exact) mass is 283 g/mol. The van der Waals surface area contributed by atoms with Gasteiger partial charge in [0.05, 0.1) is 5.69 Å². The molecule has 1 rings (SSSR count). The van der Waals surface area contributed by atoms with Crippen molar-refractivity contribution in [3.63, 3.8) is 0 Å². The molecular formula is C14H25N3OS. The smallest absolute Gasteiger partial charge is 0.221 e. The summed E-state index contributed by atoms with van der Waals surface area (Å²) in [7, 11) is 0. The Labute approximate surface area is 120 Å². The van der Waals surface area contributed by atoms with Crippen LogP contribution in [0.2, 0.25) is 0 Å². The molecule has 0 aromatic carbocycles. The topological polar surface area (TPSA) is 54.0 Å². The zero-order chi connectivity index (χ0) is 14.5. The first kappa shape index (κ1) is 16.1. The van der Waals surface area contributed by atoms with Gasteiger partial charge in [0.1, 0.15) is 5.01 Å². The standard InChI is InChI=1S/C14H25N3OS/c1-10(2)16-12(18)6-7-15-8-13-17-11(9-19-13)14(3,4)5/h9-10,15H,6-8H2,1-5H3,(H,16,18). The first-order valence-electron chi connectivity index (χ1n) is 6.74. The molecule has 0 bridgehead atoms. The lowest BCUT2D eigenvalue weighted by molar-refractivity contribution is -0.121. The van der Waals surface area contributed by atoms with E-state index in [2.05, 4.69) is 41.8 Å². The minimum Gasteiger partial charge on any atom is -0.354 e. The third kappa shape index (κ3) is 6.16. The van der Waals surface area contributed by atoms with Gasteiger partial charge in [-0.2, -0.15) is 0 Å². The van der Waals surface area contributed by atoms with Crippen molar-refractivity contribution in [2.24, 2.45) is 0 Å². The summed E-state index contributed by atoms with van der Waals surface area (Å²) in [6.45, 7) is 11.8. The first-order chi connectivity index (χ1) is 8.79. The summed E-state index contributed by atoms with van der Waals surface area (Å²) < 4.78 is 0. The molecule has 0 aliphatic rings. The molecule has 0 saturated heterocycles. The number of nitrogens with one attached hydrogen (secondary N) is 2. The second-order valence-corrected chi connectivity index (χ2v) is 6.97. The van der Waals surface area contributed by atoms with E-state index in [-0.39, 0.29) is 17.4 Å². The Hall–Kier alpha value is -0.940. The summed E-state index contributed by atoms with van der Waals surface area (Å²) in [5.41, 5.74) is 1.23. The lowest BCUT2D eigenvalue weighted by Crippen LogP contribution is -2.32. The summed E-state index contributed by atoms with van der Waals surface area (Å²) in [5.74, 6) is 0.0945. The molecule has 1 aromatic heterocycles. The molecule has 1 amide bonds. The minimum absolute atomic E-state index is 0.0945. The van der Waals surface area contributed by atoms with Gasteiger partial charge in [0, 0.05) is 36.3 Å². The molecular weight excluding hydrogens is 258 g/mol. The Morgan fingerprint density at radius 3 is 2.63 bits per heavy atom. The van der Waals surface area contributed by atoms with Crippen molar-refractivity contribution in [2.45, 2.75) is 59.0 Å². The van der Waals surface area contributed by atoms with E-state index in [0.29, 0.717) is 13.0 Å². The van der Waals surface area contributed by atoms with Crippen LogP contribution in [0.3, 0.4) is 0 Å². The van der Waals surface area contributed by atoms with Crippen molar-refractivity contribution in [3.05, 3.63) is 16.1 Å². The van der Waals surface area contributed by atoms with E-state index in [0.717, 1.165) is 17.2 Å². The largest absolute Gasteiger partial charge is 0.354 e. The number of thiazole rings is 1. The number of carbonyl (C=O) groups is 1. The zero-order valence-corrected chi connectivity index (χ0v) is 13.4. The highest BCUT2D eigenvalue weighted by Gasteiger charge is 2.17. The van der Waals surface area contributed by atoms with Gasteiger partial charge in [-0.15, -0.1) is 11.3 Å². The number of aromatic nitrogens is 1. The van der Waals surface area contributed by atoms with Gasteiger partial charge in [-0.25, -0.2) is 4.98 Å². The number of rotatable bonds is 6. The number of carbonyl (C=O) groups excluding carboxylic acids is 1. The van der Waals surface area contributed by atoms with Crippen LogP contribution >= 0.6 is 11.3 Å². The summed E-state index contributed by atoms with van der Waals surface area (Å²) in [6.07, 6.45) is 0.510. The first-order valence-corrected chi connectivity index (χ1v) is 7.62. The summed E-state index contributed by atoms with van der Waals surface area (Å²) in [4.78, 5) is 16.0. The lowest BCUT2D eigenvalue weighted by Gasteiger charge is -2.14. The SMILES string of the molecule is CC(C)NC(=O)CCNCc1nc(C(C)(C)C)cs1. The average molecular weight is 283 g/mol. The summed E-state index contributed by atoms with van der Waals surface area (Å²) in [5, 5.41) is 9.32. The van der Waals surface area contributed by atoms with E-state index in [1.165, 1.54) is 0 Å². The van der Waals surface area contributed by atoms with Crippen molar-refractivity contribution in [3.8, 4) is 0 Å². The fourth-order valence-corrected chi connectivity index (χ4v) is 2.52. The predicted molar refractivity (Wildman–Crippen MR) is 80.4 cm³/mol. The van der Waals surface area contributed by atoms with E-state index in [9.17, 15) is 4.79 Å². The Bertz CT molecular complexity index is 407. The molecule has 0 fully saturated rings. The fraction of sp³-hybridized carbons (Fsp3) is 0.714. The normalized spacial score (nSPS) is 11.9. The molecule has 0 radical (unpaired) electrons. The van der Waals surface area contributed by atoms with Crippen LogP contribution in [0.4, 0.5) is 0 Å². The number of hydrogen-bond acceptors (Lipinski definition) is 4. The third-order valence-electron chi connectivity index (χ3n) is 2.57. The molecule has 4 nitrogen and oxygen atoms in total. The van der Waals surface area contributed by atoms with Crippen LogP contribution in [0, 0.1) is 0 Å². The Morgan fingerprint density at radius 1 is 1.42 bits per heavy atom.